The number of thiophene rings is 1. The zero-order chi connectivity index (χ0) is 13.6. The molecule has 0 radical (unpaired) electrons. The molecule has 3 rings (SSSR count). The Kier molecular flexibility index (Phi) is 2.53. The minimum atomic E-state index is -1.02. The first-order valence-corrected chi connectivity index (χ1v) is 6.42. The average Bonchev–Trinajstić information content (AvgIpc) is 2.89. The van der Waals surface area contributed by atoms with E-state index in [0.717, 1.165) is 33.0 Å². The summed E-state index contributed by atoms with van der Waals surface area (Å²) < 4.78 is 0. The Morgan fingerprint density at radius 2 is 2.16 bits per heavy atom. The van der Waals surface area contributed by atoms with Crippen LogP contribution in [0.5, 0.6) is 0 Å². The number of amides is 1. The molecule has 19 heavy (non-hydrogen) atoms. The molecule has 6 heteroatoms. The fraction of sp³-hybridized carbons (Fsp3) is 0.0769. The van der Waals surface area contributed by atoms with Gasteiger partial charge in [0, 0.05) is 10.6 Å². The van der Waals surface area contributed by atoms with Crippen molar-refractivity contribution in [2.45, 2.75) is 6.42 Å². The Labute approximate surface area is 112 Å². The first-order valence-electron chi connectivity index (χ1n) is 5.60. The van der Waals surface area contributed by atoms with Crippen LogP contribution in [0.15, 0.2) is 24.3 Å². The van der Waals surface area contributed by atoms with Crippen molar-refractivity contribution in [3.63, 3.8) is 0 Å². The zero-order valence-electron chi connectivity index (χ0n) is 9.77. The quantitative estimate of drug-likeness (QED) is 0.782. The molecule has 0 spiro atoms. The number of nitrogens with one attached hydrogen (secondary N) is 1. The number of nitrogen functional groups attached to an aromatic ring is 1. The van der Waals surface area contributed by atoms with Crippen LogP contribution in [-0.2, 0) is 11.2 Å². The van der Waals surface area contributed by atoms with Gasteiger partial charge in [0.25, 0.3) is 0 Å². The van der Waals surface area contributed by atoms with E-state index in [4.69, 9.17) is 10.8 Å². The summed E-state index contributed by atoms with van der Waals surface area (Å²) in [5.74, 6) is -1.05. The number of carbonyl (C=O) groups excluding carboxylic acids is 1. The van der Waals surface area contributed by atoms with Gasteiger partial charge < -0.3 is 16.2 Å². The van der Waals surface area contributed by atoms with E-state index in [-0.39, 0.29) is 16.5 Å². The minimum Gasteiger partial charge on any atom is -0.477 e. The summed E-state index contributed by atoms with van der Waals surface area (Å²) in [6, 6.07) is 7.22. The molecular formula is C13H10N2O3S. The molecule has 1 aliphatic rings. The normalized spacial score (nSPS) is 13.2. The molecular weight excluding hydrogens is 264 g/mol. The standard InChI is InChI=1S/C13H10N2O3S/c14-8-5-10(19-12(8)13(17)18)6-1-2-9-7(3-6)4-11(16)15-9/h1-3,5H,4,14H2,(H,15,16)(H,17,18). The van der Waals surface area contributed by atoms with Crippen LogP contribution in [0, 0.1) is 0 Å². The molecule has 1 amide bonds. The summed E-state index contributed by atoms with van der Waals surface area (Å²) in [6.07, 6.45) is 0.357. The van der Waals surface area contributed by atoms with Crippen LogP contribution < -0.4 is 11.1 Å². The molecule has 4 N–H and O–H groups in total. The van der Waals surface area contributed by atoms with Crippen LogP contribution in [0.4, 0.5) is 11.4 Å². The summed E-state index contributed by atoms with van der Waals surface area (Å²) in [7, 11) is 0. The number of fused-ring (bicyclic) bond motifs is 1. The number of hydrogen-bond donors (Lipinski definition) is 3. The molecule has 0 aliphatic carbocycles. The predicted molar refractivity (Wildman–Crippen MR) is 73.5 cm³/mol. The van der Waals surface area contributed by atoms with Crippen molar-refractivity contribution in [3.05, 3.63) is 34.7 Å². The monoisotopic (exact) mass is 274 g/mol. The number of nitrogens with two attached hydrogens (primary N) is 1. The SMILES string of the molecule is Nc1cc(-c2ccc3c(c2)CC(=O)N3)sc1C(=O)O. The number of rotatable bonds is 2. The van der Waals surface area contributed by atoms with Gasteiger partial charge in [-0.1, -0.05) is 6.07 Å². The molecule has 0 fully saturated rings. The van der Waals surface area contributed by atoms with E-state index in [1.54, 1.807) is 6.07 Å². The molecule has 0 saturated heterocycles. The van der Waals surface area contributed by atoms with E-state index in [2.05, 4.69) is 5.32 Å². The number of carbonyl (C=O) groups is 2. The van der Waals surface area contributed by atoms with Crippen LogP contribution in [0.3, 0.4) is 0 Å². The third kappa shape index (κ3) is 1.96. The van der Waals surface area contributed by atoms with Gasteiger partial charge in [0.1, 0.15) is 4.88 Å². The van der Waals surface area contributed by atoms with Crippen molar-refractivity contribution in [3.8, 4) is 10.4 Å². The average molecular weight is 274 g/mol. The number of carboxylic acid groups (broad SMARTS) is 1. The number of benzene rings is 1. The minimum absolute atomic E-state index is 0.0240. The van der Waals surface area contributed by atoms with Crippen molar-refractivity contribution in [2.24, 2.45) is 0 Å². The largest absolute Gasteiger partial charge is 0.477 e. The first kappa shape index (κ1) is 11.7. The summed E-state index contributed by atoms with van der Waals surface area (Å²) in [5.41, 5.74) is 8.56. The highest BCUT2D eigenvalue weighted by Gasteiger charge is 2.19. The third-order valence-corrected chi connectivity index (χ3v) is 4.16. The lowest BCUT2D eigenvalue weighted by Crippen LogP contribution is -2.03. The molecule has 96 valence electrons. The van der Waals surface area contributed by atoms with Gasteiger partial charge in [-0.3, -0.25) is 4.79 Å². The molecule has 0 saturated carbocycles. The zero-order valence-corrected chi connectivity index (χ0v) is 10.6. The van der Waals surface area contributed by atoms with Gasteiger partial charge in [-0.15, -0.1) is 11.3 Å². The highest BCUT2D eigenvalue weighted by Crippen LogP contribution is 2.35. The number of carboxylic acids is 1. The van der Waals surface area contributed by atoms with Crippen molar-refractivity contribution in [1.82, 2.24) is 0 Å². The van der Waals surface area contributed by atoms with E-state index in [9.17, 15) is 9.59 Å². The fourth-order valence-corrected chi connectivity index (χ4v) is 3.01. The Hall–Kier alpha value is -2.34. The Bertz CT molecular complexity index is 706. The van der Waals surface area contributed by atoms with E-state index < -0.39 is 5.97 Å². The second kappa shape index (κ2) is 4.10. The summed E-state index contributed by atoms with van der Waals surface area (Å²) in [6.45, 7) is 0. The lowest BCUT2D eigenvalue weighted by molar-refractivity contribution is -0.115. The third-order valence-electron chi connectivity index (χ3n) is 2.97. The second-order valence-corrected chi connectivity index (χ2v) is 5.35. The van der Waals surface area contributed by atoms with Crippen molar-refractivity contribution in [1.29, 1.82) is 0 Å². The van der Waals surface area contributed by atoms with Gasteiger partial charge in [-0.05, 0) is 29.3 Å². The van der Waals surface area contributed by atoms with Gasteiger partial charge in [-0.25, -0.2) is 4.79 Å². The van der Waals surface area contributed by atoms with Crippen molar-refractivity contribution >= 4 is 34.6 Å². The van der Waals surface area contributed by atoms with E-state index >= 15 is 0 Å². The maximum atomic E-state index is 11.3. The summed E-state index contributed by atoms with van der Waals surface area (Å²) in [5, 5.41) is 11.7. The predicted octanol–water partition coefficient (Wildman–Crippen LogP) is 2.19. The van der Waals surface area contributed by atoms with E-state index in [1.807, 2.05) is 18.2 Å². The van der Waals surface area contributed by atoms with Gasteiger partial charge >= 0.3 is 5.97 Å². The topological polar surface area (TPSA) is 92.4 Å². The Balaban J connectivity index is 2.04. The second-order valence-electron chi connectivity index (χ2n) is 4.30. The number of aromatic carboxylic acids is 1. The molecule has 1 aromatic heterocycles. The van der Waals surface area contributed by atoms with Gasteiger partial charge in [0.05, 0.1) is 12.1 Å². The molecule has 1 aliphatic heterocycles. The van der Waals surface area contributed by atoms with Crippen LogP contribution in [0.25, 0.3) is 10.4 Å². The van der Waals surface area contributed by atoms with Crippen molar-refractivity contribution < 1.29 is 14.7 Å². The van der Waals surface area contributed by atoms with Crippen LogP contribution in [0.1, 0.15) is 15.2 Å². The molecule has 5 nitrogen and oxygen atoms in total. The Morgan fingerprint density at radius 3 is 2.84 bits per heavy atom. The van der Waals surface area contributed by atoms with Crippen LogP contribution >= 0.6 is 11.3 Å². The molecule has 2 aromatic rings. The highest BCUT2D eigenvalue weighted by atomic mass is 32.1. The van der Waals surface area contributed by atoms with E-state index in [0.29, 0.717) is 6.42 Å². The van der Waals surface area contributed by atoms with Crippen molar-refractivity contribution in [2.75, 3.05) is 11.1 Å². The lowest BCUT2D eigenvalue weighted by atomic mass is 10.1. The van der Waals surface area contributed by atoms with Crippen LogP contribution in [0.2, 0.25) is 0 Å². The maximum Gasteiger partial charge on any atom is 0.348 e. The molecule has 0 bridgehead atoms. The summed E-state index contributed by atoms with van der Waals surface area (Å²) >= 11 is 1.14. The molecule has 0 unspecified atom stereocenters. The first-order chi connectivity index (χ1) is 9.04. The number of hydrogen-bond acceptors (Lipinski definition) is 4. The smallest absolute Gasteiger partial charge is 0.348 e. The number of anilines is 2. The molecule has 2 heterocycles. The lowest BCUT2D eigenvalue weighted by Gasteiger charge is -2.01. The molecule has 1 aromatic carbocycles. The highest BCUT2D eigenvalue weighted by molar-refractivity contribution is 7.17. The fourth-order valence-electron chi connectivity index (χ4n) is 2.10. The maximum absolute atomic E-state index is 11.3. The Morgan fingerprint density at radius 1 is 1.37 bits per heavy atom. The van der Waals surface area contributed by atoms with Gasteiger partial charge in [0.15, 0.2) is 0 Å². The van der Waals surface area contributed by atoms with E-state index in [1.165, 1.54) is 0 Å². The van der Waals surface area contributed by atoms with Crippen LogP contribution in [-0.4, -0.2) is 17.0 Å². The summed E-state index contributed by atoms with van der Waals surface area (Å²) in [4.78, 5) is 23.2. The van der Waals surface area contributed by atoms with Gasteiger partial charge in [-0.2, -0.15) is 0 Å². The van der Waals surface area contributed by atoms with Gasteiger partial charge in [0.2, 0.25) is 5.91 Å². The molecule has 0 atom stereocenters.